The minimum Gasteiger partial charge on any atom is -0.480 e. The Labute approximate surface area is 100 Å². The summed E-state index contributed by atoms with van der Waals surface area (Å²) in [5.74, 6) is -1.64. The molecule has 0 bridgehead atoms. The molecule has 0 fully saturated rings. The summed E-state index contributed by atoms with van der Waals surface area (Å²) >= 11 is 0. The van der Waals surface area contributed by atoms with Gasteiger partial charge >= 0.3 is 12.0 Å². The van der Waals surface area contributed by atoms with Crippen molar-refractivity contribution >= 4 is 17.9 Å². The number of rotatable bonds is 7. The molecular weight excluding hydrogens is 226 g/mol. The summed E-state index contributed by atoms with van der Waals surface area (Å²) in [7, 11) is 0. The van der Waals surface area contributed by atoms with E-state index in [2.05, 4.69) is 10.6 Å². The minimum atomic E-state index is -1.12. The fourth-order valence-electron chi connectivity index (χ4n) is 1.18. The second-order valence-corrected chi connectivity index (χ2v) is 3.41. The fourth-order valence-corrected chi connectivity index (χ4v) is 1.18. The molecule has 7 nitrogen and oxygen atoms in total. The van der Waals surface area contributed by atoms with Gasteiger partial charge in [-0.2, -0.15) is 0 Å². The number of hydrogen-bond donors (Lipinski definition) is 3. The first-order valence-corrected chi connectivity index (χ1v) is 5.52. The Bertz CT molecular complexity index is 281. The molecule has 0 saturated heterocycles. The first-order chi connectivity index (χ1) is 8.01. The van der Waals surface area contributed by atoms with E-state index in [1.54, 1.807) is 4.90 Å². The molecule has 0 aliphatic rings. The monoisotopic (exact) mass is 245 g/mol. The molecular formula is C10H19N3O4. The van der Waals surface area contributed by atoms with Gasteiger partial charge in [-0.15, -0.1) is 0 Å². The highest BCUT2D eigenvalue weighted by molar-refractivity contribution is 5.86. The summed E-state index contributed by atoms with van der Waals surface area (Å²) in [5.41, 5.74) is 0. The molecule has 0 unspecified atom stereocenters. The Kier molecular flexibility index (Phi) is 7.49. The number of nitrogens with one attached hydrogen (secondary N) is 2. The van der Waals surface area contributed by atoms with Crippen LogP contribution in [0.2, 0.25) is 0 Å². The third-order valence-corrected chi connectivity index (χ3v) is 2.00. The summed E-state index contributed by atoms with van der Waals surface area (Å²) < 4.78 is 0. The maximum absolute atomic E-state index is 11.5. The highest BCUT2D eigenvalue weighted by Gasteiger charge is 2.11. The van der Waals surface area contributed by atoms with Crippen LogP contribution in [-0.2, 0) is 9.59 Å². The Morgan fingerprint density at radius 1 is 1.12 bits per heavy atom. The quantitative estimate of drug-likeness (QED) is 0.570. The number of carboxylic acid groups (broad SMARTS) is 1. The summed E-state index contributed by atoms with van der Waals surface area (Å²) in [6, 6.07) is -0.320. The lowest BCUT2D eigenvalue weighted by atomic mass is 10.4. The van der Waals surface area contributed by atoms with Gasteiger partial charge in [-0.25, -0.2) is 4.79 Å². The van der Waals surface area contributed by atoms with Crippen LogP contribution in [0.4, 0.5) is 4.79 Å². The topological polar surface area (TPSA) is 98.7 Å². The van der Waals surface area contributed by atoms with Crippen molar-refractivity contribution in [2.24, 2.45) is 0 Å². The predicted molar refractivity (Wildman–Crippen MR) is 61.6 cm³/mol. The zero-order valence-corrected chi connectivity index (χ0v) is 10.2. The number of aliphatic carboxylic acids is 1. The first kappa shape index (κ1) is 15.2. The molecule has 3 amide bonds. The van der Waals surface area contributed by atoms with Gasteiger partial charge in [0.25, 0.3) is 0 Å². The average Bonchev–Trinajstić information content (AvgIpc) is 2.30. The number of carboxylic acids is 1. The number of nitrogens with zero attached hydrogens (tertiary/aromatic N) is 1. The van der Waals surface area contributed by atoms with E-state index in [9.17, 15) is 14.4 Å². The van der Waals surface area contributed by atoms with Crippen LogP contribution in [0.1, 0.15) is 20.3 Å². The SMILES string of the molecule is CCCN(CC)C(=O)NCC(=O)NCC(=O)O. The third-order valence-electron chi connectivity index (χ3n) is 2.00. The molecule has 0 saturated carbocycles. The molecule has 7 heteroatoms. The van der Waals surface area contributed by atoms with Gasteiger partial charge in [-0.1, -0.05) is 6.92 Å². The van der Waals surface area contributed by atoms with Gasteiger partial charge in [0.05, 0.1) is 6.54 Å². The van der Waals surface area contributed by atoms with Crippen LogP contribution in [0.15, 0.2) is 0 Å². The average molecular weight is 245 g/mol. The number of urea groups is 1. The number of amides is 3. The molecule has 17 heavy (non-hydrogen) atoms. The van der Waals surface area contributed by atoms with Crippen molar-refractivity contribution in [1.82, 2.24) is 15.5 Å². The second kappa shape index (κ2) is 8.37. The molecule has 0 aromatic heterocycles. The zero-order valence-electron chi connectivity index (χ0n) is 10.2. The Morgan fingerprint density at radius 2 is 1.76 bits per heavy atom. The molecule has 0 aliphatic heterocycles. The Morgan fingerprint density at radius 3 is 2.24 bits per heavy atom. The number of hydrogen-bond acceptors (Lipinski definition) is 3. The largest absolute Gasteiger partial charge is 0.480 e. The zero-order chi connectivity index (χ0) is 13.3. The van der Waals surface area contributed by atoms with Crippen LogP contribution < -0.4 is 10.6 Å². The summed E-state index contributed by atoms with van der Waals surface area (Å²) in [4.78, 5) is 34.4. The number of carbonyl (C=O) groups is 3. The maximum atomic E-state index is 11.5. The van der Waals surface area contributed by atoms with Crippen LogP contribution in [0.5, 0.6) is 0 Å². The van der Waals surface area contributed by atoms with Gasteiger partial charge in [-0.3, -0.25) is 9.59 Å². The second-order valence-electron chi connectivity index (χ2n) is 3.41. The van der Waals surface area contributed by atoms with E-state index in [0.717, 1.165) is 6.42 Å². The van der Waals surface area contributed by atoms with Crippen molar-refractivity contribution in [3.63, 3.8) is 0 Å². The fraction of sp³-hybridized carbons (Fsp3) is 0.700. The van der Waals surface area contributed by atoms with E-state index in [0.29, 0.717) is 13.1 Å². The molecule has 98 valence electrons. The standard InChI is InChI=1S/C10H19N3O4/c1-3-5-13(4-2)10(17)12-6-8(14)11-7-9(15)16/h3-7H2,1-2H3,(H,11,14)(H,12,17)(H,15,16). The lowest BCUT2D eigenvalue weighted by Crippen LogP contribution is -2.45. The smallest absolute Gasteiger partial charge is 0.322 e. The lowest BCUT2D eigenvalue weighted by Gasteiger charge is -2.20. The highest BCUT2D eigenvalue weighted by Crippen LogP contribution is 1.91. The molecule has 0 heterocycles. The molecule has 0 radical (unpaired) electrons. The van der Waals surface area contributed by atoms with Crippen LogP contribution in [0, 0.1) is 0 Å². The molecule has 3 N–H and O–H groups in total. The summed E-state index contributed by atoms with van der Waals surface area (Å²) in [6.07, 6.45) is 0.840. The maximum Gasteiger partial charge on any atom is 0.322 e. The van der Waals surface area contributed by atoms with E-state index in [4.69, 9.17) is 5.11 Å². The van der Waals surface area contributed by atoms with Crippen molar-refractivity contribution in [1.29, 1.82) is 0 Å². The van der Waals surface area contributed by atoms with E-state index in [1.807, 2.05) is 13.8 Å². The van der Waals surface area contributed by atoms with Crippen LogP contribution >= 0.6 is 0 Å². The Balaban J connectivity index is 3.89. The van der Waals surface area contributed by atoms with E-state index in [-0.39, 0.29) is 12.6 Å². The highest BCUT2D eigenvalue weighted by atomic mass is 16.4. The van der Waals surface area contributed by atoms with Crippen molar-refractivity contribution < 1.29 is 19.5 Å². The van der Waals surface area contributed by atoms with E-state index in [1.165, 1.54) is 0 Å². The van der Waals surface area contributed by atoms with Gasteiger partial charge in [0.15, 0.2) is 0 Å². The molecule has 0 rings (SSSR count). The molecule has 0 aromatic carbocycles. The van der Waals surface area contributed by atoms with Crippen LogP contribution in [0.3, 0.4) is 0 Å². The molecule has 0 atom stereocenters. The predicted octanol–water partition coefficient (Wildman–Crippen LogP) is -0.371. The van der Waals surface area contributed by atoms with E-state index < -0.39 is 18.4 Å². The summed E-state index contributed by atoms with van der Waals surface area (Å²) in [6.45, 7) is 4.33. The van der Waals surface area contributed by atoms with Gasteiger partial charge in [-0.05, 0) is 13.3 Å². The van der Waals surface area contributed by atoms with Crippen molar-refractivity contribution in [2.45, 2.75) is 20.3 Å². The lowest BCUT2D eigenvalue weighted by molar-refractivity contribution is -0.137. The molecule has 0 aromatic rings. The molecule has 0 spiro atoms. The van der Waals surface area contributed by atoms with E-state index >= 15 is 0 Å². The third kappa shape index (κ3) is 7.15. The normalized spacial score (nSPS) is 9.53. The number of carbonyl (C=O) groups excluding carboxylic acids is 2. The molecule has 0 aliphatic carbocycles. The van der Waals surface area contributed by atoms with Crippen molar-refractivity contribution in [3.05, 3.63) is 0 Å². The van der Waals surface area contributed by atoms with Gasteiger partial charge in [0, 0.05) is 13.1 Å². The van der Waals surface area contributed by atoms with Crippen molar-refractivity contribution in [3.8, 4) is 0 Å². The Hall–Kier alpha value is -1.79. The first-order valence-electron chi connectivity index (χ1n) is 5.52. The van der Waals surface area contributed by atoms with Gasteiger partial charge in [0.1, 0.15) is 6.54 Å². The van der Waals surface area contributed by atoms with Crippen LogP contribution in [-0.4, -0.2) is 54.1 Å². The minimum absolute atomic E-state index is 0.216. The van der Waals surface area contributed by atoms with Gasteiger partial charge < -0.3 is 20.6 Å². The van der Waals surface area contributed by atoms with Crippen LogP contribution in [0.25, 0.3) is 0 Å². The van der Waals surface area contributed by atoms with Gasteiger partial charge in [0.2, 0.25) is 5.91 Å². The van der Waals surface area contributed by atoms with Crippen molar-refractivity contribution in [2.75, 3.05) is 26.2 Å². The summed E-state index contributed by atoms with van der Waals surface area (Å²) in [5, 5.41) is 12.9.